The summed E-state index contributed by atoms with van der Waals surface area (Å²) in [5.74, 6) is 0. The predicted octanol–water partition coefficient (Wildman–Crippen LogP) is 0.0435. The van der Waals surface area contributed by atoms with Crippen LogP contribution in [0.2, 0.25) is 0 Å². The molecular weight excluding hydrogens is 233 g/mol. The number of aromatic nitrogens is 3. The van der Waals surface area contributed by atoms with Crippen LogP contribution in [0.5, 0.6) is 0 Å². The van der Waals surface area contributed by atoms with Crippen molar-refractivity contribution in [2.75, 3.05) is 0 Å². The molecule has 3 N–H and O–H groups in total. The molecule has 1 fully saturated rings. The van der Waals surface area contributed by atoms with E-state index in [1.54, 1.807) is 0 Å². The molecule has 0 spiro atoms. The highest BCUT2D eigenvalue weighted by molar-refractivity contribution is 7.52. The molecule has 0 unspecified atom stereocenters. The van der Waals surface area contributed by atoms with Crippen molar-refractivity contribution in [2.24, 2.45) is 0 Å². The van der Waals surface area contributed by atoms with Crippen molar-refractivity contribution in [1.29, 1.82) is 0 Å². The topological polar surface area (TPSA) is 108 Å². The number of hydrogen-bond acceptors (Lipinski definition) is 4. The highest BCUT2D eigenvalue weighted by Crippen LogP contribution is 2.51. The van der Waals surface area contributed by atoms with Gasteiger partial charge in [-0.15, -0.1) is 5.10 Å². The summed E-state index contributed by atoms with van der Waals surface area (Å²) < 4.78 is 12.5. The fourth-order valence-electron chi connectivity index (χ4n) is 2.13. The molecule has 1 aromatic rings. The third-order valence-electron chi connectivity index (χ3n) is 3.00. The summed E-state index contributed by atoms with van der Waals surface area (Å²) in [4.78, 5) is 18.3. The largest absolute Gasteiger partial charge is 0.369 e. The molecule has 0 saturated heterocycles. The molecule has 1 saturated carbocycles. The molecule has 1 heterocycles. The Morgan fingerprint density at radius 1 is 1.50 bits per heavy atom. The molecule has 2 rings (SSSR count). The van der Waals surface area contributed by atoms with E-state index in [-0.39, 0.29) is 6.42 Å². The Labute approximate surface area is 92.3 Å². The van der Waals surface area contributed by atoms with Crippen LogP contribution in [0.25, 0.3) is 0 Å². The van der Waals surface area contributed by atoms with Gasteiger partial charge < -0.3 is 14.9 Å². The molecule has 0 bridgehead atoms. The minimum absolute atomic E-state index is 0.0145. The quantitative estimate of drug-likeness (QED) is 0.637. The molecular formula is C8H14N3O4P. The van der Waals surface area contributed by atoms with E-state index in [0.29, 0.717) is 19.3 Å². The Kier molecular flexibility index (Phi) is 2.88. The van der Waals surface area contributed by atoms with Crippen LogP contribution in [0, 0.1) is 0 Å². The zero-order valence-electron chi connectivity index (χ0n) is 8.60. The zero-order chi connectivity index (χ0) is 11.8. The van der Waals surface area contributed by atoms with Gasteiger partial charge in [0.25, 0.3) is 0 Å². The van der Waals surface area contributed by atoms with Gasteiger partial charge in [-0.1, -0.05) is 5.21 Å². The lowest BCUT2D eigenvalue weighted by Gasteiger charge is -2.36. The highest BCUT2D eigenvalue weighted by atomic mass is 31.2. The fourth-order valence-corrected chi connectivity index (χ4v) is 3.18. The Balaban J connectivity index is 2.21. The van der Waals surface area contributed by atoms with Crippen molar-refractivity contribution in [3.63, 3.8) is 0 Å². The van der Waals surface area contributed by atoms with Gasteiger partial charge in [-0.25, -0.2) is 4.68 Å². The summed E-state index contributed by atoms with van der Waals surface area (Å²) in [6.45, 7) is 0. The predicted molar refractivity (Wildman–Crippen MR) is 54.5 cm³/mol. The van der Waals surface area contributed by atoms with Crippen molar-refractivity contribution in [2.45, 2.75) is 37.1 Å². The van der Waals surface area contributed by atoms with Crippen LogP contribution in [-0.2, 0) is 10.3 Å². The second kappa shape index (κ2) is 3.92. The summed E-state index contributed by atoms with van der Waals surface area (Å²) >= 11 is 0. The summed E-state index contributed by atoms with van der Waals surface area (Å²) in [7, 11) is -4.14. The maximum Gasteiger partial charge on any atom is 0.328 e. The van der Waals surface area contributed by atoms with Crippen LogP contribution < -0.4 is 0 Å². The normalized spacial score (nSPS) is 31.6. The number of aliphatic hydroxyl groups is 1. The maximum atomic E-state index is 11.2. The van der Waals surface area contributed by atoms with Gasteiger partial charge in [0.2, 0.25) is 0 Å². The first-order valence-corrected chi connectivity index (χ1v) is 6.74. The van der Waals surface area contributed by atoms with E-state index in [0.717, 1.165) is 0 Å². The van der Waals surface area contributed by atoms with E-state index in [9.17, 15) is 9.67 Å². The van der Waals surface area contributed by atoms with E-state index < -0.39 is 19.0 Å². The summed E-state index contributed by atoms with van der Waals surface area (Å²) in [6.07, 6.45) is 4.38. The monoisotopic (exact) mass is 247 g/mol. The van der Waals surface area contributed by atoms with Crippen molar-refractivity contribution in [1.82, 2.24) is 15.0 Å². The smallest absolute Gasteiger partial charge is 0.328 e. The maximum absolute atomic E-state index is 11.2. The summed E-state index contributed by atoms with van der Waals surface area (Å²) in [6, 6.07) is 0. The Bertz CT molecular complexity index is 403. The molecule has 1 aromatic heterocycles. The molecule has 1 aliphatic rings. The minimum atomic E-state index is -4.14. The Hall–Kier alpha value is -0.750. The van der Waals surface area contributed by atoms with E-state index in [4.69, 9.17) is 9.79 Å². The van der Waals surface area contributed by atoms with Crippen molar-refractivity contribution < 1.29 is 19.5 Å². The third kappa shape index (κ3) is 2.17. The average Bonchev–Trinajstić information content (AvgIpc) is 2.69. The first-order valence-electron chi connectivity index (χ1n) is 5.06. The van der Waals surface area contributed by atoms with Crippen LogP contribution >= 0.6 is 7.60 Å². The van der Waals surface area contributed by atoms with Crippen molar-refractivity contribution in [3.05, 3.63) is 12.4 Å². The molecule has 8 heteroatoms. The van der Waals surface area contributed by atoms with Crippen LogP contribution in [0.3, 0.4) is 0 Å². The van der Waals surface area contributed by atoms with Gasteiger partial charge >= 0.3 is 7.60 Å². The van der Waals surface area contributed by atoms with E-state index in [1.165, 1.54) is 17.1 Å². The van der Waals surface area contributed by atoms with Crippen LogP contribution in [0.1, 0.15) is 25.7 Å². The molecule has 0 aromatic carbocycles. The first-order chi connectivity index (χ1) is 7.42. The standard InChI is InChI=1S/C8H14N3O4P/c12-8(11-5-4-9-10-11)3-1-2-7(6-8)16(13,14)15/h4-5,7,12H,1-3,6H2,(H2,13,14,15)/t7-,8-/m0/s1. The van der Waals surface area contributed by atoms with Gasteiger partial charge in [0, 0.05) is 12.6 Å². The van der Waals surface area contributed by atoms with E-state index >= 15 is 0 Å². The van der Waals surface area contributed by atoms with Gasteiger partial charge in [-0.2, -0.15) is 0 Å². The average molecular weight is 247 g/mol. The first kappa shape index (κ1) is 11.7. The number of hydrogen-bond donors (Lipinski definition) is 3. The Morgan fingerprint density at radius 3 is 2.81 bits per heavy atom. The molecule has 1 aliphatic carbocycles. The van der Waals surface area contributed by atoms with Gasteiger partial charge in [0.05, 0.1) is 11.9 Å². The van der Waals surface area contributed by atoms with E-state index in [2.05, 4.69) is 10.3 Å². The van der Waals surface area contributed by atoms with Gasteiger partial charge in [-0.3, -0.25) is 4.57 Å². The second-order valence-corrected chi connectivity index (χ2v) is 6.08. The third-order valence-corrected chi connectivity index (χ3v) is 4.39. The molecule has 90 valence electrons. The second-order valence-electron chi connectivity index (χ2n) is 4.17. The molecule has 0 radical (unpaired) electrons. The molecule has 2 atom stereocenters. The lowest BCUT2D eigenvalue weighted by Crippen LogP contribution is -2.40. The van der Waals surface area contributed by atoms with Crippen LogP contribution in [0.4, 0.5) is 0 Å². The van der Waals surface area contributed by atoms with Gasteiger partial charge in [-0.05, 0) is 19.3 Å². The summed E-state index contributed by atoms with van der Waals surface area (Å²) in [5, 5.41) is 17.6. The lowest BCUT2D eigenvalue weighted by molar-refractivity contribution is -0.0811. The SMILES string of the molecule is O=P(O)(O)[C@H]1CCC[C@@](O)(n2ccnn2)C1. The van der Waals surface area contributed by atoms with Crippen LogP contribution in [-0.4, -0.2) is 35.5 Å². The summed E-state index contributed by atoms with van der Waals surface area (Å²) in [5.41, 5.74) is -2.11. The van der Waals surface area contributed by atoms with Crippen molar-refractivity contribution >= 4 is 7.60 Å². The Morgan fingerprint density at radius 2 is 2.25 bits per heavy atom. The highest BCUT2D eigenvalue weighted by Gasteiger charge is 2.43. The van der Waals surface area contributed by atoms with Gasteiger partial charge in [0.15, 0.2) is 5.72 Å². The van der Waals surface area contributed by atoms with Gasteiger partial charge in [0.1, 0.15) is 0 Å². The lowest BCUT2D eigenvalue weighted by atomic mass is 9.91. The van der Waals surface area contributed by atoms with E-state index in [1.807, 2.05) is 0 Å². The fraction of sp³-hybridized carbons (Fsp3) is 0.750. The molecule has 7 nitrogen and oxygen atoms in total. The molecule has 16 heavy (non-hydrogen) atoms. The van der Waals surface area contributed by atoms with Crippen molar-refractivity contribution in [3.8, 4) is 0 Å². The molecule has 0 amide bonds. The zero-order valence-corrected chi connectivity index (χ0v) is 9.49. The number of rotatable bonds is 2. The molecule has 0 aliphatic heterocycles. The number of nitrogens with zero attached hydrogens (tertiary/aromatic N) is 3. The van der Waals surface area contributed by atoms with Crippen LogP contribution in [0.15, 0.2) is 12.4 Å². The minimum Gasteiger partial charge on any atom is -0.369 e.